The number of benzene rings is 2. The average Bonchev–Trinajstić information content (AvgIpc) is 2.77. The van der Waals surface area contributed by atoms with Gasteiger partial charge in [0.2, 0.25) is 6.29 Å². The Morgan fingerprint density at radius 3 is 2.17 bits per heavy atom. The zero-order valence-electron chi connectivity index (χ0n) is 17.6. The van der Waals surface area contributed by atoms with Crippen LogP contribution in [0.4, 0.5) is 0 Å². The third kappa shape index (κ3) is 6.84. The second-order valence-electron chi connectivity index (χ2n) is 7.64. The van der Waals surface area contributed by atoms with Crippen LogP contribution < -0.4 is 25.4 Å². The van der Waals surface area contributed by atoms with Crippen LogP contribution in [0.25, 0.3) is 0 Å². The first kappa shape index (κ1) is 28.5. The lowest BCUT2D eigenvalue weighted by atomic mass is 9.99. The van der Waals surface area contributed by atoms with Crippen LogP contribution in [0.5, 0.6) is 17.2 Å². The molecule has 6 atom stereocenters. The molecule has 1 aliphatic heterocycles. The molecule has 3 rings (SSSR count). The van der Waals surface area contributed by atoms with Gasteiger partial charge in [-0.1, -0.05) is 0 Å². The lowest BCUT2D eigenvalue weighted by Gasteiger charge is -2.40. The van der Waals surface area contributed by atoms with E-state index in [0.29, 0.717) is 15.1 Å². The van der Waals surface area contributed by atoms with Gasteiger partial charge in [0.25, 0.3) is 0 Å². The molecule has 1 heterocycles. The monoisotopic (exact) mass is 826 g/mol. The molecule has 1 saturated heterocycles. The fraction of sp³-hybridized carbons (Fsp3) is 0.333. The Morgan fingerprint density at radius 2 is 1.63 bits per heavy atom. The Hall–Kier alpha value is -1.03. The molecule has 2 aromatic rings. The predicted octanol–water partition coefficient (Wildman–Crippen LogP) is -1.87. The molecular formula is C21H19I3NO10-. The summed E-state index contributed by atoms with van der Waals surface area (Å²) in [5.74, 6) is -1.75. The predicted molar refractivity (Wildman–Crippen MR) is 139 cm³/mol. The molecule has 0 saturated carbocycles. The molecule has 1 fully saturated rings. The van der Waals surface area contributed by atoms with Crippen molar-refractivity contribution >= 4 is 79.7 Å². The summed E-state index contributed by atoms with van der Waals surface area (Å²) >= 11 is 6.12. The van der Waals surface area contributed by atoms with Crippen LogP contribution in [0.15, 0.2) is 30.3 Å². The van der Waals surface area contributed by atoms with Crippen molar-refractivity contribution in [3.8, 4) is 17.2 Å². The summed E-state index contributed by atoms with van der Waals surface area (Å²) in [6.45, 7) is 0. The van der Waals surface area contributed by atoms with E-state index in [1.54, 1.807) is 24.3 Å². The number of carbonyl (C=O) groups is 2. The number of carbonyl (C=O) groups excluding carboxylic acids is 2. The summed E-state index contributed by atoms with van der Waals surface area (Å²) in [5.41, 5.74) is 4.35. The van der Waals surface area contributed by atoms with Crippen molar-refractivity contribution in [3.63, 3.8) is 0 Å². The maximum absolute atomic E-state index is 11.2. The van der Waals surface area contributed by atoms with E-state index in [-0.39, 0.29) is 12.2 Å². The first-order valence-electron chi connectivity index (χ1n) is 9.95. The van der Waals surface area contributed by atoms with Gasteiger partial charge in [-0.25, -0.2) is 0 Å². The highest BCUT2D eigenvalue weighted by Gasteiger charge is 2.45. The van der Waals surface area contributed by atoms with Gasteiger partial charge in [-0.3, -0.25) is 0 Å². The van der Waals surface area contributed by atoms with E-state index in [2.05, 4.69) is 50.9 Å². The van der Waals surface area contributed by atoms with Gasteiger partial charge in [0, 0.05) is 6.42 Å². The average molecular weight is 826 g/mol. The molecule has 0 unspecified atom stereocenters. The normalized spacial score (nSPS) is 25.1. The van der Waals surface area contributed by atoms with Crippen molar-refractivity contribution in [3.05, 3.63) is 46.6 Å². The minimum atomic E-state index is -1.88. The number of rotatable bonds is 8. The van der Waals surface area contributed by atoms with E-state index in [1.807, 2.05) is 22.6 Å². The molecule has 0 radical (unpaired) electrons. The molecular weight excluding hydrogens is 807 g/mol. The summed E-state index contributed by atoms with van der Waals surface area (Å²) in [4.78, 5) is 22.1. The molecule has 190 valence electrons. The Balaban J connectivity index is 1.75. The van der Waals surface area contributed by atoms with Gasteiger partial charge in [0.15, 0.2) is 5.75 Å². The molecule has 6 N–H and O–H groups in total. The van der Waals surface area contributed by atoms with E-state index >= 15 is 0 Å². The summed E-state index contributed by atoms with van der Waals surface area (Å²) in [5, 5.41) is 52.0. The van der Waals surface area contributed by atoms with Gasteiger partial charge in [-0.05, 0) is 104 Å². The molecule has 14 heteroatoms. The topological polar surface area (TPSA) is 196 Å². The summed E-state index contributed by atoms with van der Waals surface area (Å²) in [7, 11) is 0. The van der Waals surface area contributed by atoms with E-state index in [1.165, 1.54) is 6.07 Å². The lowest BCUT2D eigenvalue weighted by molar-refractivity contribution is -0.437. The van der Waals surface area contributed by atoms with Crippen LogP contribution in [-0.2, 0) is 20.7 Å². The molecule has 2 aromatic carbocycles. The number of halogens is 3. The minimum Gasteiger partial charge on any atom is -0.547 e. The van der Waals surface area contributed by atoms with E-state index in [0.717, 1.165) is 12.7 Å². The fourth-order valence-electron chi connectivity index (χ4n) is 3.22. The van der Waals surface area contributed by atoms with Crippen molar-refractivity contribution < 1.29 is 55.1 Å². The Kier molecular flexibility index (Phi) is 9.79. The second-order valence-corrected chi connectivity index (χ2v) is 11.1. The highest BCUT2D eigenvalue weighted by molar-refractivity contribution is 14.1. The van der Waals surface area contributed by atoms with Crippen molar-refractivity contribution in [2.24, 2.45) is 0 Å². The molecule has 35 heavy (non-hydrogen) atoms. The van der Waals surface area contributed by atoms with E-state index in [9.17, 15) is 35.1 Å². The van der Waals surface area contributed by atoms with Crippen LogP contribution >= 0.6 is 67.8 Å². The number of carboxylic acids is 2. The van der Waals surface area contributed by atoms with Gasteiger partial charge in [-0.15, -0.1) is 0 Å². The van der Waals surface area contributed by atoms with Crippen LogP contribution in [0, 0.1) is 10.7 Å². The van der Waals surface area contributed by atoms with Gasteiger partial charge >= 0.3 is 0 Å². The van der Waals surface area contributed by atoms with Crippen LogP contribution in [0.3, 0.4) is 0 Å². The van der Waals surface area contributed by atoms with Crippen LogP contribution in [-0.4, -0.2) is 64.0 Å². The first-order chi connectivity index (χ1) is 16.4. The van der Waals surface area contributed by atoms with Crippen LogP contribution in [0.2, 0.25) is 0 Å². The largest absolute Gasteiger partial charge is 0.547 e. The van der Waals surface area contributed by atoms with Gasteiger partial charge < -0.3 is 55.1 Å². The minimum absolute atomic E-state index is 0.214. The van der Waals surface area contributed by atoms with E-state index in [4.69, 9.17) is 14.2 Å². The Morgan fingerprint density at radius 1 is 1.00 bits per heavy atom. The van der Waals surface area contributed by atoms with Gasteiger partial charge in [-0.2, -0.15) is 0 Å². The standard InChI is InChI=1S/C21H20I3NO10/c22-9-6-8(33-17-10(23)3-7(4-11(17)24)5-12(25)19(29)30)1-2-13(9)34-21-16(28)14(26)15(27)18(35-21)20(31)32/h1-4,6,12,14-16,18,21,26-28H,5,25H2,(H,29,30)(H,31,32)/p-1/t12-,14-,15-,16+,18-,21+/m0/s1. The van der Waals surface area contributed by atoms with Gasteiger partial charge in [0.05, 0.1) is 22.6 Å². The summed E-state index contributed by atoms with van der Waals surface area (Å²) < 4.78 is 18.7. The Bertz CT molecular complexity index is 1090. The number of aliphatic hydroxyl groups is 3. The molecule has 0 bridgehead atoms. The number of hydrogen-bond acceptors (Lipinski definition) is 10. The number of carboxylic acid groups (broad SMARTS) is 2. The third-order valence-corrected chi connectivity index (χ3v) is 7.49. The zero-order valence-corrected chi connectivity index (χ0v) is 24.1. The zero-order chi connectivity index (χ0) is 26.0. The molecule has 1 aliphatic rings. The van der Waals surface area contributed by atoms with Gasteiger partial charge in [0.1, 0.15) is 42.0 Å². The number of aliphatic hydroxyl groups excluding tert-OH is 3. The smallest absolute Gasteiger partial charge is 0.229 e. The number of aliphatic carboxylic acids is 2. The molecule has 0 aliphatic carbocycles. The van der Waals surface area contributed by atoms with Crippen LogP contribution in [0.1, 0.15) is 5.56 Å². The van der Waals surface area contributed by atoms with Crippen molar-refractivity contribution in [2.75, 3.05) is 0 Å². The summed E-state index contributed by atoms with van der Waals surface area (Å²) in [6, 6.07) is 7.46. The maximum Gasteiger partial charge on any atom is 0.229 e. The molecule has 0 amide bonds. The fourth-order valence-corrected chi connectivity index (χ4v) is 5.95. The Labute approximate surface area is 240 Å². The number of ether oxygens (including phenoxy) is 3. The highest BCUT2D eigenvalue weighted by Crippen LogP contribution is 2.36. The third-order valence-electron chi connectivity index (χ3n) is 5.04. The SMILES string of the molecule is [NH3+][C@@H](Cc1cc(I)c(Oc2ccc(O[C@@H]3O[C@H](C(=O)[O-])[C@@H](O)[C@H](O)[C@H]3O)c(I)c2)c(I)c1)C(=O)[O-]. The second kappa shape index (κ2) is 12.0. The van der Waals surface area contributed by atoms with Crippen molar-refractivity contribution in [1.29, 1.82) is 0 Å². The van der Waals surface area contributed by atoms with E-state index < -0.39 is 48.7 Å². The molecule has 11 nitrogen and oxygen atoms in total. The molecule has 0 spiro atoms. The number of hydrogen-bond donors (Lipinski definition) is 4. The van der Waals surface area contributed by atoms with Crippen molar-refractivity contribution in [2.45, 2.75) is 43.2 Å². The maximum atomic E-state index is 11.2. The number of quaternary nitrogens is 1. The summed E-state index contributed by atoms with van der Waals surface area (Å²) in [6.07, 6.45) is -8.61. The quantitative estimate of drug-likeness (QED) is 0.219. The van der Waals surface area contributed by atoms with Crippen molar-refractivity contribution in [1.82, 2.24) is 0 Å². The lowest BCUT2D eigenvalue weighted by Crippen LogP contribution is -2.69. The molecule has 0 aromatic heterocycles. The highest BCUT2D eigenvalue weighted by atomic mass is 127. The first-order valence-corrected chi connectivity index (χ1v) is 13.2.